The molecule has 3 aromatic rings. The van der Waals surface area contributed by atoms with Crippen LogP contribution in [0.2, 0.25) is 0 Å². The number of thiazole rings is 1. The SMILES string of the molecule is CC(c1ccccc1)N1CC(C(=O)Nc2nc3ccc(F)cc3s2)CC1=O. The Balaban J connectivity index is 1.45. The molecule has 2 unspecified atom stereocenters. The Morgan fingerprint density at radius 1 is 1.30 bits per heavy atom. The van der Waals surface area contributed by atoms with Crippen molar-refractivity contribution < 1.29 is 14.0 Å². The first-order valence-corrected chi connectivity index (χ1v) is 9.54. The topological polar surface area (TPSA) is 62.3 Å². The van der Waals surface area contributed by atoms with Crippen LogP contribution in [-0.4, -0.2) is 28.2 Å². The Bertz CT molecular complexity index is 1000. The van der Waals surface area contributed by atoms with Crippen molar-refractivity contribution >= 4 is 38.5 Å². The highest BCUT2D eigenvalue weighted by atomic mass is 32.1. The molecular weight excluding hydrogens is 365 g/mol. The first-order chi connectivity index (χ1) is 13.0. The highest BCUT2D eigenvalue weighted by Gasteiger charge is 2.37. The molecule has 7 heteroatoms. The number of nitrogens with one attached hydrogen (secondary N) is 1. The molecule has 1 aliphatic rings. The fourth-order valence-corrected chi connectivity index (χ4v) is 4.25. The maximum atomic E-state index is 13.3. The number of benzene rings is 2. The molecule has 1 saturated heterocycles. The van der Waals surface area contributed by atoms with E-state index >= 15 is 0 Å². The van der Waals surface area contributed by atoms with Gasteiger partial charge >= 0.3 is 0 Å². The third-order valence-electron chi connectivity index (χ3n) is 4.86. The van der Waals surface area contributed by atoms with Crippen LogP contribution in [0.15, 0.2) is 48.5 Å². The number of carbonyl (C=O) groups excluding carboxylic acids is 2. The minimum absolute atomic E-state index is 0.0297. The maximum absolute atomic E-state index is 13.3. The van der Waals surface area contributed by atoms with E-state index in [4.69, 9.17) is 0 Å². The maximum Gasteiger partial charge on any atom is 0.231 e. The van der Waals surface area contributed by atoms with Gasteiger partial charge in [0.25, 0.3) is 0 Å². The van der Waals surface area contributed by atoms with Crippen molar-refractivity contribution in [2.75, 3.05) is 11.9 Å². The quantitative estimate of drug-likeness (QED) is 0.741. The van der Waals surface area contributed by atoms with Gasteiger partial charge in [0.1, 0.15) is 5.82 Å². The number of rotatable bonds is 4. The molecule has 1 aromatic heterocycles. The monoisotopic (exact) mass is 383 g/mol. The van der Waals surface area contributed by atoms with E-state index in [0.717, 1.165) is 5.56 Å². The number of nitrogens with zero attached hydrogens (tertiary/aromatic N) is 2. The van der Waals surface area contributed by atoms with E-state index in [9.17, 15) is 14.0 Å². The normalized spacial score (nSPS) is 18.1. The zero-order valence-corrected chi connectivity index (χ0v) is 15.5. The van der Waals surface area contributed by atoms with Gasteiger partial charge in [-0.3, -0.25) is 9.59 Å². The summed E-state index contributed by atoms with van der Waals surface area (Å²) in [4.78, 5) is 31.1. The summed E-state index contributed by atoms with van der Waals surface area (Å²) in [6, 6.07) is 14.0. The third kappa shape index (κ3) is 3.55. The zero-order chi connectivity index (χ0) is 19.0. The van der Waals surface area contributed by atoms with E-state index in [0.29, 0.717) is 21.9 Å². The Morgan fingerprint density at radius 2 is 2.07 bits per heavy atom. The number of amides is 2. The molecule has 0 radical (unpaired) electrons. The number of hydrogen-bond acceptors (Lipinski definition) is 4. The molecule has 0 saturated carbocycles. The van der Waals surface area contributed by atoms with E-state index in [-0.39, 0.29) is 30.1 Å². The number of fused-ring (bicyclic) bond motifs is 1. The van der Waals surface area contributed by atoms with Crippen molar-refractivity contribution in [3.63, 3.8) is 0 Å². The van der Waals surface area contributed by atoms with Gasteiger partial charge < -0.3 is 10.2 Å². The molecule has 0 spiro atoms. The van der Waals surface area contributed by atoms with Crippen LogP contribution in [0.1, 0.15) is 24.9 Å². The second-order valence-electron chi connectivity index (χ2n) is 6.65. The van der Waals surface area contributed by atoms with Crippen LogP contribution in [0.3, 0.4) is 0 Å². The van der Waals surface area contributed by atoms with Crippen molar-refractivity contribution in [3.05, 3.63) is 59.9 Å². The van der Waals surface area contributed by atoms with Crippen molar-refractivity contribution in [2.24, 2.45) is 5.92 Å². The van der Waals surface area contributed by atoms with Gasteiger partial charge in [-0.05, 0) is 30.7 Å². The molecule has 4 rings (SSSR count). The first kappa shape index (κ1) is 17.6. The van der Waals surface area contributed by atoms with Crippen LogP contribution in [0.5, 0.6) is 0 Å². The molecule has 27 heavy (non-hydrogen) atoms. The van der Waals surface area contributed by atoms with E-state index in [1.165, 1.54) is 23.5 Å². The Hall–Kier alpha value is -2.80. The van der Waals surface area contributed by atoms with Gasteiger partial charge in [-0.15, -0.1) is 0 Å². The van der Waals surface area contributed by atoms with E-state index in [1.54, 1.807) is 11.0 Å². The zero-order valence-electron chi connectivity index (χ0n) is 14.7. The molecule has 138 valence electrons. The smallest absolute Gasteiger partial charge is 0.231 e. The molecule has 2 aromatic carbocycles. The largest absolute Gasteiger partial charge is 0.335 e. The van der Waals surface area contributed by atoms with Crippen molar-refractivity contribution in [1.82, 2.24) is 9.88 Å². The van der Waals surface area contributed by atoms with Crippen LogP contribution in [0.25, 0.3) is 10.2 Å². The predicted molar refractivity (Wildman–Crippen MR) is 103 cm³/mol. The number of anilines is 1. The van der Waals surface area contributed by atoms with Crippen molar-refractivity contribution in [3.8, 4) is 0 Å². The third-order valence-corrected chi connectivity index (χ3v) is 5.79. The van der Waals surface area contributed by atoms with Gasteiger partial charge in [0.05, 0.1) is 22.2 Å². The van der Waals surface area contributed by atoms with Crippen molar-refractivity contribution in [2.45, 2.75) is 19.4 Å². The molecule has 1 aliphatic heterocycles. The summed E-state index contributed by atoms with van der Waals surface area (Å²) in [5.74, 6) is -1.02. The summed E-state index contributed by atoms with van der Waals surface area (Å²) >= 11 is 1.22. The van der Waals surface area contributed by atoms with Crippen LogP contribution in [-0.2, 0) is 9.59 Å². The van der Waals surface area contributed by atoms with E-state index < -0.39 is 5.92 Å². The van der Waals surface area contributed by atoms with Gasteiger partial charge in [0.2, 0.25) is 11.8 Å². The molecule has 1 fully saturated rings. The van der Waals surface area contributed by atoms with Crippen molar-refractivity contribution in [1.29, 1.82) is 0 Å². The molecular formula is C20H18FN3O2S. The number of halogens is 1. The molecule has 1 N–H and O–H groups in total. The highest BCUT2D eigenvalue weighted by molar-refractivity contribution is 7.22. The van der Waals surface area contributed by atoms with Gasteiger partial charge in [-0.2, -0.15) is 0 Å². The van der Waals surface area contributed by atoms with Crippen LogP contribution >= 0.6 is 11.3 Å². The summed E-state index contributed by atoms with van der Waals surface area (Å²) in [5, 5.41) is 3.20. The number of carbonyl (C=O) groups is 2. The fourth-order valence-electron chi connectivity index (χ4n) is 3.35. The van der Waals surface area contributed by atoms with E-state index in [1.807, 2.05) is 37.3 Å². The average Bonchev–Trinajstić information content (AvgIpc) is 3.24. The van der Waals surface area contributed by atoms with Gasteiger partial charge in [0, 0.05) is 13.0 Å². The van der Waals surface area contributed by atoms with Crippen LogP contribution < -0.4 is 5.32 Å². The lowest BCUT2D eigenvalue weighted by atomic mass is 10.1. The minimum atomic E-state index is -0.424. The summed E-state index contributed by atoms with van der Waals surface area (Å²) in [6.07, 6.45) is 0.183. The number of hydrogen-bond donors (Lipinski definition) is 1. The summed E-state index contributed by atoms with van der Waals surface area (Å²) < 4.78 is 14.0. The molecule has 2 heterocycles. The second-order valence-corrected chi connectivity index (χ2v) is 7.68. The predicted octanol–water partition coefficient (Wildman–Crippen LogP) is 3.98. The molecule has 0 bridgehead atoms. The number of aromatic nitrogens is 1. The van der Waals surface area contributed by atoms with Gasteiger partial charge in [-0.1, -0.05) is 41.7 Å². The molecule has 2 atom stereocenters. The average molecular weight is 383 g/mol. The van der Waals surface area contributed by atoms with Gasteiger partial charge in [0.15, 0.2) is 5.13 Å². The molecule has 0 aliphatic carbocycles. The summed E-state index contributed by atoms with van der Waals surface area (Å²) in [5.41, 5.74) is 1.68. The Morgan fingerprint density at radius 3 is 2.85 bits per heavy atom. The standard InChI is InChI=1S/C20H18FN3O2S/c1-12(13-5-3-2-4-6-13)24-11-14(9-18(24)25)19(26)23-20-22-16-8-7-15(21)10-17(16)27-20/h2-8,10,12,14H,9,11H2,1H3,(H,22,23,26). The summed E-state index contributed by atoms with van der Waals surface area (Å²) in [6.45, 7) is 2.34. The number of likely N-dealkylation sites (tertiary alicyclic amines) is 1. The van der Waals surface area contributed by atoms with Crippen LogP contribution in [0.4, 0.5) is 9.52 Å². The Kier molecular flexibility index (Phi) is 4.61. The lowest BCUT2D eigenvalue weighted by molar-refractivity contribution is -0.129. The van der Waals surface area contributed by atoms with Crippen LogP contribution in [0, 0.1) is 11.7 Å². The minimum Gasteiger partial charge on any atom is -0.335 e. The molecule has 5 nitrogen and oxygen atoms in total. The highest BCUT2D eigenvalue weighted by Crippen LogP contribution is 2.31. The fraction of sp³-hybridized carbons (Fsp3) is 0.250. The first-order valence-electron chi connectivity index (χ1n) is 8.72. The van der Waals surface area contributed by atoms with E-state index in [2.05, 4.69) is 10.3 Å². The lowest BCUT2D eigenvalue weighted by Gasteiger charge is -2.25. The Labute approximate surface area is 159 Å². The molecule has 2 amide bonds. The lowest BCUT2D eigenvalue weighted by Crippen LogP contribution is -2.30. The van der Waals surface area contributed by atoms with Gasteiger partial charge in [-0.25, -0.2) is 9.37 Å². The second kappa shape index (κ2) is 7.08. The summed E-state index contributed by atoms with van der Waals surface area (Å²) in [7, 11) is 0.